The lowest BCUT2D eigenvalue weighted by molar-refractivity contribution is -0.154. The molecule has 6 nitrogen and oxygen atoms in total. The Kier molecular flexibility index (Phi) is 6.55. The lowest BCUT2D eigenvalue weighted by Crippen LogP contribution is -2.31. The Labute approximate surface area is 146 Å². The molecule has 0 bridgehead atoms. The number of rotatable bonds is 7. The molecule has 0 heterocycles. The second-order valence-corrected chi connectivity index (χ2v) is 5.18. The van der Waals surface area contributed by atoms with Crippen molar-refractivity contribution in [1.82, 2.24) is 0 Å². The third kappa shape index (κ3) is 5.66. The van der Waals surface area contributed by atoms with Crippen LogP contribution < -0.4 is 10.1 Å². The molecule has 0 spiro atoms. The summed E-state index contributed by atoms with van der Waals surface area (Å²) in [6.07, 6.45) is -0.364. The van der Waals surface area contributed by atoms with Gasteiger partial charge in [-0.2, -0.15) is 5.26 Å². The van der Waals surface area contributed by atoms with Gasteiger partial charge in [0.05, 0.1) is 11.6 Å². The summed E-state index contributed by atoms with van der Waals surface area (Å²) in [4.78, 5) is 23.9. The van der Waals surface area contributed by atoms with Crippen molar-refractivity contribution in [2.45, 2.75) is 19.4 Å². The first kappa shape index (κ1) is 18.0. The van der Waals surface area contributed by atoms with Gasteiger partial charge in [0.15, 0.2) is 12.7 Å². The number of para-hydroxylation sites is 1. The summed E-state index contributed by atoms with van der Waals surface area (Å²) >= 11 is 0. The van der Waals surface area contributed by atoms with Crippen LogP contribution in [0.15, 0.2) is 54.6 Å². The molecule has 0 saturated heterocycles. The number of nitrogens with one attached hydrogen (secondary N) is 1. The van der Waals surface area contributed by atoms with Crippen molar-refractivity contribution in [3.8, 4) is 11.8 Å². The highest BCUT2D eigenvalue weighted by Crippen LogP contribution is 2.13. The minimum Gasteiger partial charge on any atom is -0.479 e. The number of benzene rings is 2. The topological polar surface area (TPSA) is 88.4 Å². The molecule has 1 atom stereocenters. The number of anilines is 1. The molecule has 128 valence electrons. The van der Waals surface area contributed by atoms with E-state index < -0.39 is 24.6 Å². The number of nitriles is 1. The standard InChI is InChI=1S/C19H18N2O4/c1-2-17(25-16-9-4-3-5-10-16)19(23)24-13-18(22)21-15-8-6-7-14(11-15)12-20/h3-11,17H,2,13H2,1H3,(H,21,22)/t17-/m0/s1. The highest BCUT2D eigenvalue weighted by atomic mass is 16.6. The number of carbonyl (C=O) groups is 2. The van der Waals surface area contributed by atoms with E-state index >= 15 is 0 Å². The van der Waals surface area contributed by atoms with E-state index in [1.54, 1.807) is 49.4 Å². The van der Waals surface area contributed by atoms with E-state index in [1.807, 2.05) is 12.1 Å². The first-order chi connectivity index (χ1) is 12.1. The first-order valence-corrected chi connectivity index (χ1v) is 7.80. The molecule has 0 unspecified atom stereocenters. The smallest absolute Gasteiger partial charge is 0.347 e. The first-order valence-electron chi connectivity index (χ1n) is 7.80. The number of amides is 1. The van der Waals surface area contributed by atoms with Gasteiger partial charge >= 0.3 is 5.97 Å². The predicted octanol–water partition coefficient (Wildman–Crippen LogP) is 2.90. The molecule has 0 aliphatic rings. The van der Waals surface area contributed by atoms with Gasteiger partial charge in [-0.25, -0.2) is 4.79 Å². The van der Waals surface area contributed by atoms with Gasteiger partial charge in [0.1, 0.15) is 5.75 Å². The minimum absolute atomic E-state index is 0.416. The molecule has 6 heteroatoms. The van der Waals surface area contributed by atoms with Crippen molar-refractivity contribution in [3.63, 3.8) is 0 Å². The Morgan fingerprint density at radius 1 is 1.16 bits per heavy atom. The van der Waals surface area contributed by atoms with Crippen molar-refractivity contribution in [2.75, 3.05) is 11.9 Å². The summed E-state index contributed by atoms with van der Waals surface area (Å²) < 4.78 is 10.6. The van der Waals surface area contributed by atoms with Gasteiger partial charge in [0, 0.05) is 5.69 Å². The maximum atomic E-state index is 12.1. The zero-order chi connectivity index (χ0) is 18.1. The summed E-state index contributed by atoms with van der Waals surface area (Å²) in [7, 11) is 0. The van der Waals surface area contributed by atoms with Crippen LogP contribution in [0.1, 0.15) is 18.9 Å². The summed E-state index contributed by atoms with van der Waals surface area (Å²) in [6, 6.07) is 17.4. The zero-order valence-corrected chi connectivity index (χ0v) is 13.8. The zero-order valence-electron chi connectivity index (χ0n) is 13.8. The van der Waals surface area contributed by atoms with Crippen LogP contribution in [0.2, 0.25) is 0 Å². The third-order valence-electron chi connectivity index (χ3n) is 3.28. The van der Waals surface area contributed by atoms with Gasteiger partial charge in [-0.1, -0.05) is 31.2 Å². The molecule has 2 aromatic carbocycles. The number of nitrogens with zero attached hydrogens (tertiary/aromatic N) is 1. The molecule has 25 heavy (non-hydrogen) atoms. The van der Waals surface area contributed by atoms with E-state index in [1.165, 1.54) is 6.07 Å². The number of hydrogen-bond acceptors (Lipinski definition) is 5. The molecule has 0 fully saturated rings. The molecular formula is C19H18N2O4. The SMILES string of the molecule is CC[C@H](Oc1ccccc1)C(=O)OCC(=O)Nc1cccc(C#N)c1. The average molecular weight is 338 g/mol. The molecule has 0 aliphatic carbocycles. The van der Waals surface area contributed by atoms with Crippen molar-refractivity contribution in [3.05, 3.63) is 60.2 Å². The summed E-state index contributed by atoms with van der Waals surface area (Å²) in [6.45, 7) is 1.37. The van der Waals surface area contributed by atoms with E-state index in [-0.39, 0.29) is 0 Å². The normalized spacial score (nSPS) is 11.0. The highest BCUT2D eigenvalue weighted by molar-refractivity contribution is 5.93. The molecule has 2 aromatic rings. The summed E-state index contributed by atoms with van der Waals surface area (Å²) in [5.74, 6) is -0.533. The van der Waals surface area contributed by atoms with Gasteiger partial charge in [-0.05, 0) is 36.8 Å². The van der Waals surface area contributed by atoms with Crippen molar-refractivity contribution >= 4 is 17.6 Å². The fourth-order valence-electron chi connectivity index (χ4n) is 2.05. The average Bonchev–Trinajstić information content (AvgIpc) is 2.65. The van der Waals surface area contributed by atoms with Crippen LogP contribution in [0.5, 0.6) is 5.75 Å². The molecule has 0 radical (unpaired) electrons. The van der Waals surface area contributed by atoms with Crippen LogP contribution >= 0.6 is 0 Å². The van der Waals surface area contributed by atoms with Crippen LogP contribution in [-0.2, 0) is 14.3 Å². The van der Waals surface area contributed by atoms with Gasteiger partial charge < -0.3 is 14.8 Å². The van der Waals surface area contributed by atoms with Crippen LogP contribution in [0, 0.1) is 11.3 Å². The Balaban J connectivity index is 1.85. The molecule has 0 saturated carbocycles. The largest absolute Gasteiger partial charge is 0.479 e. The third-order valence-corrected chi connectivity index (χ3v) is 3.28. The molecular weight excluding hydrogens is 320 g/mol. The summed E-state index contributed by atoms with van der Waals surface area (Å²) in [5, 5.41) is 11.4. The van der Waals surface area contributed by atoms with Crippen molar-refractivity contribution < 1.29 is 19.1 Å². The lowest BCUT2D eigenvalue weighted by Gasteiger charge is -2.16. The minimum atomic E-state index is -0.780. The van der Waals surface area contributed by atoms with Gasteiger partial charge in [0.25, 0.3) is 5.91 Å². The molecule has 1 N–H and O–H groups in total. The predicted molar refractivity (Wildman–Crippen MR) is 91.9 cm³/mol. The highest BCUT2D eigenvalue weighted by Gasteiger charge is 2.21. The molecule has 2 rings (SSSR count). The second-order valence-electron chi connectivity index (χ2n) is 5.18. The summed E-state index contributed by atoms with van der Waals surface area (Å²) in [5.41, 5.74) is 0.893. The Hall–Kier alpha value is -3.33. The fourth-order valence-corrected chi connectivity index (χ4v) is 2.05. The monoisotopic (exact) mass is 338 g/mol. The van der Waals surface area contributed by atoms with E-state index in [0.29, 0.717) is 23.4 Å². The van der Waals surface area contributed by atoms with Gasteiger partial charge in [0.2, 0.25) is 0 Å². The maximum absolute atomic E-state index is 12.1. The van der Waals surface area contributed by atoms with Crippen molar-refractivity contribution in [2.24, 2.45) is 0 Å². The van der Waals surface area contributed by atoms with Crippen molar-refractivity contribution in [1.29, 1.82) is 5.26 Å². The number of carbonyl (C=O) groups excluding carboxylic acids is 2. The molecule has 1 amide bonds. The van der Waals surface area contributed by atoms with Crippen LogP contribution in [0.25, 0.3) is 0 Å². The van der Waals surface area contributed by atoms with E-state index in [4.69, 9.17) is 14.7 Å². The number of ether oxygens (including phenoxy) is 2. The fraction of sp³-hybridized carbons (Fsp3) is 0.211. The number of hydrogen-bond donors (Lipinski definition) is 1. The number of esters is 1. The van der Waals surface area contributed by atoms with Crippen LogP contribution in [-0.4, -0.2) is 24.6 Å². The Morgan fingerprint density at radius 3 is 2.60 bits per heavy atom. The van der Waals surface area contributed by atoms with Crippen LogP contribution in [0.3, 0.4) is 0 Å². The van der Waals surface area contributed by atoms with E-state index in [0.717, 1.165) is 0 Å². The molecule has 0 aliphatic heterocycles. The lowest BCUT2D eigenvalue weighted by atomic mass is 10.2. The quantitative estimate of drug-likeness (QED) is 0.784. The Morgan fingerprint density at radius 2 is 1.92 bits per heavy atom. The van der Waals surface area contributed by atoms with Gasteiger partial charge in [-0.3, -0.25) is 4.79 Å². The second kappa shape index (κ2) is 9.08. The van der Waals surface area contributed by atoms with Crippen LogP contribution in [0.4, 0.5) is 5.69 Å². The van der Waals surface area contributed by atoms with Gasteiger partial charge in [-0.15, -0.1) is 0 Å². The maximum Gasteiger partial charge on any atom is 0.347 e. The van der Waals surface area contributed by atoms with E-state index in [2.05, 4.69) is 5.32 Å². The molecule has 0 aromatic heterocycles. The van der Waals surface area contributed by atoms with E-state index in [9.17, 15) is 9.59 Å². The Bertz CT molecular complexity index is 768.